The molecule has 0 saturated heterocycles. The van der Waals surface area contributed by atoms with Crippen molar-refractivity contribution in [2.75, 3.05) is 18.5 Å². The maximum absolute atomic E-state index is 10.6. The first-order chi connectivity index (χ1) is 12.5. The Morgan fingerprint density at radius 1 is 1.26 bits per heavy atom. The minimum absolute atomic E-state index is 0. The number of hydrogen-bond acceptors (Lipinski definition) is 5. The number of aliphatic hydroxyl groups excluding tert-OH is 1. The molecule has 0 fully saturated rings. The van der Waals surface area contributed by atoms with Gasteiger partial charge in [-0.15, -0.1) is 24.0 Å². The molecule has 146 valence electrons. The Morgan fingerprint density at radius 2 is 1.89 bits per heavy atom. The monoisotopic (exact) mass is 486 g/mol. The van der Waals surface area contributed by atoms with Crippen molar-refractivity contribution < 1.29 is 14.8 Å². The Labute approximate surface area is 174 Å². The number of hydrogen-bond donors (Lipinski definition) is 3. The molecule has 0 saturated carbocycles. The van der Waals surface area contributed by atoms with E-state index in [-0.39, 0.29) is 48.8 Å². The number of nitro groups is 1. The second kappa shape index (κ2) is 11.3. The third-order valence-corrected chi connectivity index (χ3v) is 3.60. The number of non-ortho nitro benzene ring substituents is 1. The van der Waals surface area contributed by atoms with Crippen molar-refractivity contribution in [3.63, 3.8) is 0 Å². The predicted octanol–water partition coefficient (Wildman–Crippen LogP) is 2.94. The lowest BCUT2D eigenvalue weighted by atomic mass is 10.1. The van der Waals surface area contributed by atoms with E-state index < -0.39 is 11.0 Å². The highest BCUT2D eigenvalue weighted by atomic mass is 127. The molecular formula is C18H23IN4O4. The predicted molar refractivity (Wildman–Crippen MR) is 116 cm³/mol. The summed E-state index contributed by atoms with van der Waals surface area (Å²) in [6.45, 7) is 2.15. The molecule has 0 aromatic heterocycles. The van der Waals surface area contributed by atoms with Gasteiger partial charge in [-0.05, 0) is 36.2 Å². The highest BCUT2D eigenvalue weighted by Gasteiger charge is 2.08. The van der Waals surface area contributed by atoms with Crippen molar-refractivity contribution in [2.45, 2.75) is 19.4 Å². The molecule has 0 amide bonds. The van der Waals surface area contributed by atoms with E-state index in [9.17, 15) is 15.2 Å². The van der Waals surface area contributed by atoms with Gasteiger partial charge in [-0.25, -0.2) is 0 Å². The topological polar surface area (TPSA) is 123 Å². The van der Waals surface area contributed by atoms with E-state index in [4.69, 9.17) is 10.5 Å². The van der Waals surface area contributed by atoms with Crippen LogP contribution in [0.25, 0.3) is 0 Å². The van der Waals surface area contributed by atoms with Crippen LogP contribution < -0.4 is 15.8 Å². The zero-order valence-corrected chi connectivity index (χ0v) is 17.2. The van der Waals surface area contributed by atoms with Gasteiger partial charge in [0.2, 0.25) is 0 Å². The van der Waals surface area contributed by atoms with E-state index in [0.29, 0.717) is 5.75 Å². The second-order valence-corrected chi connectivity index (χ2v) is 5.62. The summed E-state index contributed by atoms with van der Waals surface area (Å²) in [4.78, 5) is 14.2. The number of nitrogens with one attached hydrogen (secondary N) is 1. The summed E-state index contributed by atoms with van der Waals surface area (Å²) in [6.07, 6.45) is 0.109. The summed E-state index contributed by atoms with van der Waals surface area (Å²) >= 11 is 0. The van der Waals surface area contributed by atoms with Gasteiger partial charge in [0.15, 0.2) is 5.96 Å². The Balaban J connectivity index is 0.00000364. The third kappa shape index (κ3) is 7.79. The highest BCUT2D eigenvalue weighted by Crippen LogP contribution is 2.17. The molecule has 27 heavy (non-hydrogen) atoms. The van der Waals surface area contributed by atoms with Crippen molar-refractivity contribution in [3.8, 4) is 5.75 Å². The van der Waals surface area contributed by atoms with Crippen LogP contribution in [0.1, 0.15) is 12.5 Å². The van der Waals surface area contributed by atoms with Gasteiger partial charge in [0.1, 0.15) is 18.5 Å². The number of aliphatic hydroxyl groups is 1. The molecule has 0 spiro atoms. The van der Waals surface area contributed by atoms with E-state index >= 15 is 0 Å². The number of rotatable bonds is 8. The maximum atomic E-state index is 10.6. The highest BCUT2D eigenvalue weighted by molar-refractivity contribution is 14.0. The van der Waals surface area contributed by atoms with Crippen molar-refractivity contribution in [3.05, 3.63) is 64.2 Å². The number of anilines is 1. The van der Waals surface area contributed by atoms with Gasteiger partial charge in [0.25, 0.3) is 5.69 Å². The molecular weight excluding hydrogens is 463 g/mol. The Morgan fingerprint density at radius 3 is 2.44 bits per heavy atom. The van der Waals surface area contributed by atoms with Crippen molar-refractivity contribution in [2.24, 2.45) is 10.7 Å². The van der Waals surface area contributed by atoms with Crippen LogP contribution in [0.3, 0.4) is 0 Å². The van der Waals surface area contributed by atoms with Crippen LogP contribution in [-0.4, -0.2) is 35.2 Å². The van der Waals surface area contributed by atoms with Crippen molar-refractivity contribution in [1.82, 2.24) is 0 Å². The summed E-state index contributed by atoms with van der Waals surface area (Å²) in [7, 11) is 0. The fourth-order valence-corrected chi connectivity index (χ4v) is 2.12. The van der Waals surface area contributed by atoms with Gasteiger partial charge < -0.3 is 20.9 Å². The summed E-state index contributed by atoms with van der Waals surface area (Å²) in [6, 6.07) is 13.5. The molecule has 0 heterocycles. The smallest absolute Gasteiger partial charge is 0.269 e. The third-order valence-electron chi connectivity index (χ3n) is 3.60. The van der Waals surface area contributed by atoms with Crippen LogP contribution >= 0.6 is 24.0 Å². The second-order valence-electron chi connectivity index (χ2n) is 5.62. The quantitative estimate of drug-likeness (QED) is 0.173. The average Bonchev–Trinajstić information content (AvgIpc) is 2.65. The zero-order chi connectivity index (χ0) is 18.9. The Bertz CT molecular complexity index is 751. The van der Waals surface area contributed by atoms with Crippen LogP contribution in [0.4, 0.5) is 11.4 Å². The number of guanidine groups is 1. The van der Waals surface area contributed by atoms with Crippen molar-refractivity contribution in [1.29, 1.82) is 0 Å². The van der Waals surface area contributed by atoms with Crippen LogP contribution in [0.5, 0.6) is 5.75 Å². The number of aliphatic imine (C=N–C) groups is 1. The fraction of sp³-hybridized carbons (Fsp3) is 0.278. The van der Waals surface area contributed by atoms with Gasteiger partial charge in [0, 0.05) is 17.8 Å². The molecule has 9 heteroatoms. The van der Waals surface area contributed by atoms with E-state index in [0.717, 1.165) is 12.1 Å². The SMILES string of the molecule is CCc1ccc(NC(N)=NCC(O)COc2ccc([N+](=O)[O-])cc2)cc1.I. The molecule has 2 aromatic carbocycles. The summed E-state index contributed by atoms with van der Waals surface area (Å²) < 4.78 is 5.38. The van der Waals surface area contributed by atoms with Crippen LogP contribution in [0.2, 0.25) is 0 Å². The normalized spacial score (nSPS) is 12.0. The lowest BCUT2D eigenvalue weighted by Crippen LogP contribution is -2.27. The van der Waals surface area contributed by atoms with Gasteiger partial charge in [-0.1, -0.05) is 19.1 Å². The fourth-order valence-electron chi connectivity index (χ4n) is 2.12. The Kier molecular flexibility index (Phi) is 9.51. The largest absolute Gasteiger partial charge is 0.491 e. The molecule has 0 radical (unpaired) electrons. The first-order valence-electron chi connectivity index (χ1n) is 8.19. The van der Waals surface area contributed by atoms with Crippen molar-refractivity contribution >= 4 is 41.3 Å². The van der Waals surface area contributed by atoms with Crippen LogP contribution in [-0.2, 0) is 6.42 Å². The summed E-state index contributed by atoms with van der Waals surface area (Å²) in [5, 5.41) is 23.4. The molecule has 1 atom stereocenters. The first kappa shape index (κ1) is 22.6. The first-order valence-corrected chi connectivity index (χ1v) is 8.19. The van der Waals surface area contributed by atoms with E-state index in [2.05, 4.69) is 17.2 Å². The lowest BCUT2D eigenvalue weighted by Gasteiger charge is -2.11. The van der Waals surface area contributed by atoms with E-state index in [1.165, 1.54) is 29.8 Å². The molecule has 2 aromatic rings. The maximum Gasteiger partial charge on any atom is 0.269 e. The standard InChI is InChI=1S/C18H22N4O4.HI/c1-2-13-3-5-14(6-4-13)21-18(19)20-11-16(23)12-26-17-9-7-15(8-10-17)22(24)25;/h3-10,16,23H,2,11-12H2,1H3,(H3,19,20,21);1H. The molecule has 2 rings (SSSR count). The molecule has 0 aliphatic carbocycles. The van der Waals surface area contributed by atoms with E-state index in [1.807, 2.05) is 24.3 Å². The summed E-state index contributed by atoms with van der Waals surface area (Å²) in [5.41, 5.74) is 7.83. The zero-order valence-electron chi connectivity index (χ0n) is 14.9. The number of nitrogens with two attached hydrogens (primary N) is 1. The minimum atomic E-state index is -0.854. The number of nitro benzene ring substituents is 1. The molecule has 1 unspecified atom stereocenters. The molecule has 4 N–H and O–H groups in total. The molecule has 0 aliphatic heterocycles. The lowest BCUT2D eigenvalue weighted by molar-refractivity contribution is -0.384. The van der Waals surface area contributed by atoms with Crippen LogP contribution in [0.15, 0.2) is 53.5 Å². The number of benzene rings is 2. The molecule has 0 aliphatic rings. The van der Waals surface area contributed by atoms with Gasteiger partial charge in [0.05, 0.1) is 11.5 Å². The van der Waals surface area contributed by atoms with Gasteiger partial charge in [-0.2, -0.15) is 0 Å². The van der Waals surface area contributed by atoms with Gasteiger partial charge in [-0.3, -0.25) is 15.1 Å². The number of nitrogens with zero attached hydrogens (tertiary/aromatic N) is 2. The summed E-state index contributed by atoms with van der Waals surface area (Å²) in [5.74, 6) is 0.629. The number of ether oxygens (including phenoxy) is 1. The van der Waals surface area contributed by atoms with Gasteiger partial charge >= 0.3 is 0 Å². The number of aryl methyl sites for hydroxylation is 1. The van der Waals surface area contributed by atoms with Crippen LogP contribution in [0, 0.1) is 10.1 Å². The number of halogens is 1. The minimum Gasteiger partial charge on any atom is -0.491 e. The average molecular weight is 486 g/mol. The Hall–Kier alpha value is -2.40. The van der Waals surface area contributed by atoms with E-state index in [1.54, 1.807) is 0 Å². The molecule has 0 bridgehead atoms. The molecule has 8 nitrogen and oxygen atoms in total.